The lowest BCUT2D eigenvalue weighted by atomic mass is 9.86. The van der Waals surface area contributed by atoms with E-state index in [9.17, 15) is 9.59 Å². The fraction of sp³-hybridized carbons (Fsp3) is 0.500. The molecule has 0 saturated heterocycles. The zero-order valence-electron chi connectivity index (χ0n) is 13.1. The molecule has 1 amide bonds. The number of rotatable bonds is 5. The average molecular weight is 386 g/mol. The van der Waals surface area contributed by atoms with Crippen LogP contribution in [-0.2, 0) is 4.79 Å². The zero-order chi connectivity index (χ0) is 17.0. The van der Waals surface area contributed by atoms with Crippen molar-refractivity contribution in [3.05, 3.63) is 22.2 Å². The second-order valence-corrected chi connectivity index (χ2v) is 6.41. The molecule has 1 aliphatic rings. The molecule has 0 aliphatic heterocycles. The number of carboxylic acids is 1. The van der Waals surface area contributed by atoms with Gasteiger partial charge in [0, 0.05) is 11.6 Å². The van der Waals surface area contributed by atoms with Crippen molar-refractivity contribution in [3.8, 4) is 11.5 Å². The van der Waals surface area contributed by atoms with E-state index in [0.29, 0.717) is 47.2 Å². The van der Waals surface area contributed by atoms with Crippen molar-refractivity contribution in [2.24, 2.45) is 5.92 Å². The number of halogens is 1. The van der Waals surface area contributed by atoms with Gasteiger partial charge in [-0.2, -0.15) is 0 Å². The third-order valence-electron chi connectivity index (χ3n) is 4.11. The van der Waals surface area contributed by atoms with Gasteiger partial charge in [0.05, 0.1) is 24.6 Å². The smallest absolute Gasteiger partial charge is 0.306 e. The van der Waals surface area contributed by atoms with Crippen LogP contribution < -0.4 is 14.8 Å². The van der Waals surface area contributed by atoms with Crippen LogP contribution >= 0.6 is 15.9 Å². The summed E-state index contributed by atoms with van der Waals surface area (Å²) in [4.78, 5) is 23.4. The van der Waals surface area contributed by atoms with Gasteiger partial charge < -0.3 is 19.9 Å². The first kappa shape index (κ1) is 17.6. The number of nitrogens with one attached hydrogen (secondary N) is 1. The minimum atomic E-state index is -0.751. The molecule has 6 nitrogen and oxygen atoms in total. The fourth-order valence-corrected chi connectivity index (χ4v) is 3.41. The minimum Gasteiger partial charge on any atom is -0.493 e. The zero-order valence-corrected chi connectivity index (χ0v) is 14.7. The number of carbonyl (C=O) groups is 2. The Morgan fingerprint density at radius 2 is 1.83 bits per heavy atom. The van der Waals surface area contributed by atoms with Crippen LogP contribution in [-0.4, -0.2) is 37.2 Å². The maximum atomic E-state index is 12.4. The van der Waals surface area contributed by atoms with Crippen molar-refractivity contribution < 1.29 is 24.2 Å². The highest BCUT2D eigenvalue weighted by Gasteiger charge is 2.27. The Labute approximate surface area is 143 Å². The molecule has 1 fully saturated rings. The molecule has 2 N–H and O–H groups in total. The van der Waals surface area contributed by atoms with Crippen molar-refractivity contribution in [1.29, 1.82) is 0 Å². The van der Waals surface area contributed by atoms with Gasteiger partial charge in [0.25, 0.3) is 5.91 Å². The largest absolute Gasteiger partial charge is 0.493 e. The summed E-state index contributed by atoms with van der Waals surface area (Å²) >= 11 is 3.37. The Kier molecular flexibility index (Phi) is 5.87. The second kappa shape index (κ2) is 7.68. The van der Waals surface area contributed by atoms with Crippen LogP contribution in [0.15, 0.2) is 16.6 Å². The lowest BCUT2D eigenvalue weighted by Gasteiger charge is -2.27. The Morgan fingerprint density at radius 3 is 2.35 bits per heavy atom. The topological polar surface area (TPSA) is 84.9 Å². The quantitative estimate of drug-likeness (QED) is 0.813. The van der Waals surface area contributed by atoms with Gasteiger partial charge in [-0.25, -0.2) is 0 Å². The van der Waals surface area contributed by atoms with Gasteiger partial charge >= 0.3 is 5.97 Å². The SMILES string of the molecule is COc1cc(C(=O)NC2CCC(C(=O)O)CC2)cc(Br)c1OC. The fourth-order valence-electron chi connectivity index (χ4n) is 2.80. The summed E-state index contributed by atoms with van der Waals surface area (Å²) in [6, 6.07) is 3.31. The van der Waals surface area contributed by atoms with Crippen LogP contribution in [0.3, 0.4) is 0 Å². The van der Waals surface area contributed by atoms with Crippen LogP contribution in [0.25, 0.3) is 0 Å². The molecule has 1 aromatic carbocycles. The predicted molar refractivity (Wildman–Crippen MR) is 88.1 cm³/mol. The number of aliphatic carboxylic acids is 1. The summed E-state index contributed by atoms with van der Waals surface area (Å²) < 4.78 is 11.1. The number of hydrogen-bond donors (Lipinski definition) is 2. The van der Waals surface area contributed by atoms with Gasteiger partial charge in [0.2, 0.25) is 0 Å². The lowest BCUT2D eigenvalue weighted by molar-refractivity contribution is -0.142. The van der Waals surface area contributed by atoms with Crippen molar-refractivity contribution >= 4 is 27.8 Å². The van der Waals surface area contributed by atoms with E-state index in [1.807, 2.05) is 0 Å². The number of hydrogen-bond acceptors (Lipinski definition) is 4. The van der Waals surface area contributed by atoms with Crippen molar-refractivity contribution in [2.45, 2.75) is 31.7 Å². The number of amides is 1. The Balaban J connectivity index is 2.04. The molecule has 2 rings (SSSR count). The molecular formula is C16H20BrNO5. The molecule has 0 bridgehead atoms. The van der Waals surface area contributed by atoms with Crippen LogP contribution in [0.1, 0.15) is 36.0 Å². The first-order chi connectivity index (χ1) is 11.0. The minimum absolute atomic E-state index is 0.00460. The number of carboxylic acid groups (broad SMARTS) is 1. The molecule has 7 heteroatoms. The third kappa shape index (κ3) is 4.16. The Bertz CT molecular complexity index is 596. The number of benzene rings is 1. The summed E-state index contributed by atoms with van der Waals surface area (Å²) in [5.41, 5.74) is 0.467. The van der Waals surface area contributed by atoms with E-state index in [0.717, 1.165) is 0 Å². The van der Waals surface area contributed by atoms with Gasteiger partial charge in [0.15, 0.2) is 11.5 Å². The second-order valence-electron chi connectivity index (χ2n) is 5.55. The molecule has 0 spiro atoms. The Morgan fingerprint density at radius 1 is 1.17 bits per heavy atom. The molecule has 23 heavy (non-hydrogen) atoms. The highest BCUT2D eigenvalue weighted by Crippen LogP contribution is 2.36. The molecule has 1 saturated carbocycles. The number of ether oxygens (including phenoxy) is 2. The van der Waals surface area contributed by atoms with Crippen LogP contribution in [0, 0.1) is 5.92 Å². The molecule has 0 atom stereocenters. The summed E-state index contributed by atoms with van der Waals surface area (Å²) in [6.07, 6.45) is 2.54. The predicted octanol–water partition coefficient (Wildman–Crippen LogP) is 2.84. The monoisotopic (exact) mass is 385 g/mol. The van der Waals surface area contributed by atoms with Crippen LogP contribution in [0.4, 0.5) is 0 Å². The maximum Gasteiger partial charge on any atom is 0.306 e. The van der Waals surface area contributed by atoms with E-state index < -0.39 is 5.97 Å². The first-order valence-corrected chi connectivity index (χ1v) is 8.20. The van der Waals surface area contributed by atoms with E-state index in [1.54, 1.807) is 12.1 Å². The van der Waals surface area contributed by atoms with E-state index in [2.05, 4.69) is 21.2 Å². The molecular weight excluding hydrogens is 366 g/mol. The van der Waals surface area contributed by atoms with Gasteiger partial charge in [-0.05, 0) is 53.7 Å². The van der Waals surface area contributed by atoms with Gasteiger partial charge in [-0.1, -0.05) is 0 Å². The molecule has 0 aromatic heterocycles. The van der Waals surface area contributed by atoms with E-state index in [-0.39, 0.29) is 17.9 Å². The van der Waals surface area contributed by atoms with E-state index in [4.69, 9.17) is 14.6 Å². The molecule has 0 unspecified atom stereocenters. The number of carbonyl (C=O) groups excluding carboxylic acids is 1. The molecule has 1 aromatic rings. The van der Waals surface area contributed by atoms with Crippen molar-refractivity contribution in [1.82, 2.24) is 5.32 Å². The Hall–Kier alpha value is -1.76. The van der Waals surface area contributed by atoms with Crippen LogP contribution in [0.2, 0.25) is 0 Å². The maximum absolute atomic E-state index is 12.4. The summed E-state index contributed by atoms with van der Waals surface area (Å²) in [6.45, 7) is 0. The third-order valence-corrected chi connectivity index (χ3v) is 4.70. The van der Waals surface area contributed by atoms with Gasteiger partial charge in [-0.3, -0.25) is 9.59 Å². The highest BCUT2D eigenvalue weighted by molar-refractivity contribution is 9.10. The molecule has 0 radical (unpaired) electrons. The lowest BCUT2D eigenvalue weighted by Crippen LogP contribution is -2.38. The van der Waals surface area contributed by atoms with Gasteiger partial charge in [0.1, 0.15) is 0 Å². The van der Waals surface area contributed by atoms with Crippen LogP contribution in [0.5, 0.6) is 11.5 Å². The van der Waals surface area contributed by atoms with E-state index in [1.165, 1.54) is 14.2 Å². The number of methoxy groups -OCH3 is 2. The summed E-state index contributed by atoms with van der Waals surface area (Å²) in [5.74, 6) is -0.241. The highest BCUT2D eigenvalue weighted by atomic mass is 79.9. The van der Waals surface area contributed by atoms with Crippen molar-refractivity contribution in [2.75, 3.05) is 14.2 Å². The summed E-state index contributed by atoms with van der Waals surface area (Å²) in [7, 11) is 3.04. The van der Waals surface area contributed by atoms with Crippen molar-refractivity contribution in [3.63, 3.8) is 0 Å². The van der Waals surface area contributed by atoms with Gasteiger partial charge in [-0.15, -0.1) is 0 Å². The molecule has 1 aliphatic carbocycles. The molecule has 0 heterocycles. The van der Waals surface area contributed by atoms with E-state index >= 15 is 0 Å². The average Bonchev–Trinajstić information content (AvgIpc) is 2.54. The molecule has 126 valence electrons. The normalized spacial score (nSPS) is 20.7. The standard InChI is InChI=1S/C16H20BrNO5/c1-22-13-8-10(7-12(17)14(13)23-2)15(19)18-11-5-3-9(4-6-11)16(20)21/h7-9,11H,3-6H2,1-2H3,(H,18,19)(H,20,21). The first-order valence-electron chi connectivity index (χ1n) is 7.41. The summed E-state index contributed by atoms with van der Waals surface area (Å²) in [5, 5.41) is 12.0.